The highest BCUT2D eigenvalue weighted by Crippen LogP contribution is 2.09. The van der Waals surface area contributed by atoms with E-state index in [0.717, 1.165) is 12.3 Å². The first kappa shape index (κ1) is 13.8. The van der Waals surface area contributed by atoms with Gasteiger partial charge in [-0.25, -0.2) is 0 Å². The Bertz CT molecular complexity index is 477. The van der Waals surface area contributed by atoms with E-state index in [1.54, 1.807) is 6.26 Å². The van der Waals surface area contributed by atoms with Gasteiger partial charge in [0.15, 0.2) is 0 Å². The Hall–Kier alpha value is -1.58. The van der Waals surface area contributed by atoms with Crippen LogP contribution in [-0.4, -0.2) is 6.04 Å². The Balaban J connectivity index is 1.81. The molecule has 0 fully saturated rings. The van der Waals surface area contributed by atoms with Gasteiger partial charge < -0.3 is 14.5 Å². The topological polar surface area (TPSA) is 34.4 Å². The average molecular weight is 259 g/mol. The highest BCUT2D eigenvalue weighted by Gasteiger charge is 2.00. The molecule has 0 aliphatic heterocycles. The SMILES string of the molecule is CC(C)NCc1cccc(COCc2ccco2)c1. The lowest BCUT2D eigenvalue weighted by Gasteiger charge is -2.09. The molecule has 0 saturated heterocycles. The molecule has 1 N–H and O–H groups in total. The van der Waals surface area contributed by atoms with E-state index in [4.69, 9.17) is 9.15 Å². The molecule has 0 aliphatic carbocycles. The number of nitrogens with one attached hydrogen (secondary N) is 1. The van der Waals surface area contributed by atoms with Gasteiger partial charge in [-0.15, -0.1) is 0 Å². The van der Waals surface area contributed by atoms with E-state index < -0.39 is 0 Å². The van der Waals surface area contributed by atoms with Gasteiger partial charge >= 0.3 is 0 Å². The Morgan fingerprint density at radius 2 is 1.95 bits per heavy atom. The van der Waals surface area contributed by atoms with Crippen LogP contribution in [0.5, 0.6) is 0 Å². The van der Waals surface area contributed by atoms with Gasteiger partial charge in [0.2, 0.25) is 0 Å². The maximum absolute atomic E-state index is 5.63. The van der Waals surface area contributed by atoms with Gasteiger partial charge in [0.25, 0.3) is 0 Å². The van der Waals surface area contributed by atoms with Gasteiger partial charge in [0.1, 0.15) is 12.4 Å². The van der Waals surface area contributed by atoms with Crippen LogP contribution in [0, 0.1) is 0 Å². The molecular weight excluding hydrogens is 238 g/mol. The predicted molar refractivity (Wildman–Crippen MR) is 75.6 cm³/mol. The van der Waals surface area contributed by atoms with Crippen molar-refractivity contribution in [2.24, 2.45) is 0 Å². The Kier molecular flexibility index (Phi) is 5.19. The number of ether oxygens (including phenoxy) is 1. The molecule has 0 aliphatic rings. The molecule has 2 aromatic rings. The molecule has 3 heteroatoms. The van der Waals surface area contributed by atoms with Gasteiger partial charge in [-0.05, 0) is 23.3 Å². The minimum Gasteiger partial charge on any atom is -0.467 e. The van der Waals surface area contributed by atoms with Crippen molar-refractivity contribution in [3.63, 3.8) is 0 Å². The van der Waals surface area contributed by atoms with Crippen molar-refractivity contribution in [2.75, 3.05) is 0 Å². The summed E-state index contributed by atoms with van der Waals surface area (Å²) in [5.74, 6) is 0.859. The molecule has 2 rings (SSSR count). The highest BCUT2D eigenvalue weighted by molar-refractivity contribution is 5.22. The number of benzene rings is 1. The number of hydrogen-bond donors (Lipinski definition) is 1. The average Bonchev–Trinajstić information content (AvgIpc) is 2.90. The van der Waals surface area contributed by atoms with E-state index in [1.807, 2.05) is 12.1 Å². The summed E-state index contributed by atoms with van der Waals surface area (Å²) in [6, 6.07) is 12.8. The molecule has 0 radical (unpaired) electrons. The van der Waals surface area contributed by atoms with Crippen molar-refractivity contribution in [1.82, 2.24) is 5.32 Å². The maximum atomic E-state index is 5.63. The molecule has 0 amide bonds. The lowest BCUT2D eigenvalue weighted by molar-refractivity contribution is 0.0929. The third kappa shape index (κ3) is 4.89. The van der Waals surface area contributed by atoms with Crippen molar-refractivity contribution in [1.29, 1.82) is 0 Å². The van der Waals surface area contributed by atoms with Crippen LogP contribution in [0.4, 0.5) is 0 Å². The zero-order valence-electron chi connectivity index (χ0n) is 11.6. The summed E-state index contributed by atoms with van der Waals surface area (Å²) >= 11 is 0. The smallest absolute Gasteiger partial charge is 0.129 e. The number of rotatable bonds is 7. The van der Waals surface area contributed by atoms with E-state index in [0.29, 0.717) is 19.3 Å². The first-order valence-electron chi connectivity index (χ1n) is 6.65. The first-order valence-corrected chi connectivity index (χ1v) is 6.65. The Labute approximate surface area is 114 Å². The van der Waals surface area contributed by atoms with Crippen LogP contribution in [0.1, 0.15) is 30.7 Å². The second-order valence-electron chi connectivity index (χ2n) is 4.93. The molecular formula is C16H21NO2. The molecule has 0 unspecified atom stereocenters. The standard InChI is InChI=1S/C16H21NO2/c1-13(2)17-10-14-5-3-6-15(9-14)11-18-12-16-7-4-8-19-16/h3-9,13,17H,10-12H2,1-2H3. The molecule has 0 saturated carbocycles. The van der Waals surface area contributed by atoms with Crippen LogP contribution in [0.25, 0.3) is 0 Å². The monoisotopic (exact) mass is 259 g/mol. The summed E-state index contributed by atoms with van der Waals surface area (Å²) in [6.45, 7) is 6.31. The molecule has 1 heterocycles. The molecule has 1 aromatic heterocycles. The van der Waals surface area contributed by atoms with Crippen LogP contribution in [0.15, 0.2) is 47.1 Å². The lowest BCUT2D eigenvalue weighted by atomic mass is 10.1. The van der Waals surface area contributed by atoms with Crippen LogP contribution >= 0.6 is 0 Å². The molecule has 0 spiro atoms. The van der Waals surface area contributed by atoms with Crippen LogP contribution < -0.4 is 5.32 Å². The van der Waals surface area contributed by atoms with Crippen molar-refractivity contribution in [3.05, 3.63) is 59.5 Å². The summed E-state index contributed by atoms with van der Waals surface area (Å²) in [7, 11) is 0. The molecule has 102 valence electrons. The fourth-order valence-electron chi connectivity index (χ4n) is 1.82. The Morgan fingerprint density at radius 1 is 1.11 bits per heavy atom. The zero-order chi connectivity index (χ0) is 13.5. The molecule has 3 nitrogen and oxygen atoms in total. The van der Waals surface area contributed by atoms with E-state index >= 15 is 0 Å². The zero-order valence-corrected chi connectivity index (χ0v) is 11.6. The number of hydrogen-bond acceptors (Lipinski definition) is 3. The molecule has 0 bridgehead atoms. The lowest BCUT2D eigenvalue weighted by Crippen LogP contribution is -2.21. The van der Waals surface area contributed by atoms with Gasteiger partial charge in [0, 0.05) is 12.6 Å². The fraction of sp³-hybridized carbons (Fsp3) is 0.375. The maximum Gasteiger partial charge on any atom is 0.129 e. The van der Waals surface area contributed by atoms with Gasteiger partial charge in [0.05, 0.1) is 12.9 Å². The predicted octanol–water partition coefficient (Wildman–Crippen LogP) is 3.49. The Morgan fingerprint density at radius 3 is 2.68 bits per heavy atom. The van der Waals surface area contributed by atoms with Gasteiger partial charge in [-0.3, -0.25) is 0 Å². The summed E-state index contributed by atoms with van der Waals surface area (Å²) in [5, 5.41) is 3.41. The quantitative estimate of drug-likeness (QED) is 0.826. The normalized spacial score (nSPS) is 11.1. The second-order valence-corrected chi connectivity index (χ2v) is 4.93. The summed E-state index contributed by atoms with van der Waals surface area (Å²) in [6.07, 6.45) is 1.66. The van der Waals surface area contributed by atoms with Crippen LogP contribution in [0.3, 0.4) is 0 Å². The fourth-order valence-corrected chi connectivity index (χ4v) is 1.82. The van der Waals surface area contributed by atoms with E-state index in [1.165, 1.54) is 11.1 Å². The van der Waals surface area contributed by atoms with Crippen molar-refractivity contribution in [2.45, 2.75) is 39.6 Å². The van der Waals surface area contributed by atoms with E-state index in [-0.39, 0.29) is 0 Å². The van der Waals surface area contributed by atoms with E-state index in [2.05, 4.69) is 43.4 Å². The second kappa shape index (κ2) is 7.12. The van der Waals surface area contributed by atoms with Gasteiger partial charge in [-0.1, -0.05) is 38.1 Å². The minimum absolute atomic E-state index is 0.499. The molecule has 0 atom stereocenters. The minimum atomic E-state index is 0.499. The van der Waals surface area contributed by atoms with E-state index in [9.17, 15) is 0 Å². The third-order valence-electron chi connectivity index (χ3n) is 2.80. The summed E-state index contributed by atoms with van der Waals surface area (Å²) in [5.41, 5.74) is 2.47. The van der Waals surface area contributed by atoms with Crippen molar-refractivity contribution < 1.29 is 9.15 Å². The van der Waals surface area contributed by atoms with Crippen LogP contribution in [0.2, 0.25) is 0 Å². The highest BCUT2D eigenvalue weighted by atomic mass is 16.5. The van der Waals surface area contributed by atoms with Crippen molar-refractivity contribution >= 4 is 0 Å². The van der Waals surface area contributed by atoms with Crippen LogP contribution in [-0.2, 0) is 24.5 Å². The molecule has 1 aromatic carbocycles. The summed E-state index contributed by atoms with van der Waals surface area (Å²) < 4.78 is 10.9. The number of furan rings is 1. The first-order chi connectivity index (χ1) is 9.24. The summed E-state index contributed by atoms with van der Waals surface area (Å²) in [4.78, 5) is 0. The molecule has 19 heavy (non-hydrogen) atoms. The third-order valence-corrected chi connectivity index (χ3v) is 2.80. The van der Waals surface area contributed by atoms with Crippen molar-refractivity contribution in [3.8, 4) is 0 Å². The van der Waals surface area contributed by atoms with Gasteiger partial charge in [-0.2, -0.15) is 0 Å². The largest absolute Gasteiger partial charge is 0.467 e.